The molecule has 0 fully saturated rings. The molecule has 0 bridgehead atoms. The molecule has 0 aliphatic carbocycles. The largest absolute Gasteiger partial charge is 0.573 e. The highest BCUT2D eigenvalue weighted by Crippen LogP contribution is 2.22. The highest BCUT2D eigenvalue weighted by molar-refractivity contribution is 5.77. The molecule has 2 N–H and O–H groups in total. The van der Waals surface area contributed by atoms with Gasteiger partial charge in [-0.1, -0.05) is 30.3 Å². The van der Waals surface area contributed by atoms with E-state index in [0.717, 1.165) is 5.69 Å². The molecule has 0 spiro atoms. The molecule has 1 amide bonds. The number of carbonyl (C=O) groups excluding carboxylic acids is 1. The van der Waals surface area contributed by atoms with Crippen LogP contribution in [0, 0.1) is 0 Å². The number of nitrogens with one attached hydrogen (secondary N) is 2. The average Bonchev–Trinajstić information content (AvgIpc) is 3.21. The number of aromatic amines is 1. The molecule has 2 aromatic heterocycles. The van der Waals surface area contributed by atoms with Crippen molar-refractivity contribution in [3.05, 3.63) is 82.5 Å². The number of nitrogens with zero attached hydrogens (tertiary/aromatic N) is 3. The van der Waals surface area contributed by atoms with Crippen LogP contribution < -0.4 is 15.6 Å². The number of benzene rings is 2. The number of fused-ring (bicyclic) bond motifs is 1. The van der Waals surface area contributed by atoms with Crippen molar-refractivity contribution >= 4 is 16.9 Å². The van der Waals surface area contributed by atoms with Crippen molar-refractivity contribution in [1.29, 1.82) is 0 Å². The number of aromatic nitrogens is 4. The summed E-state index contributed by atoms with van der Waals surface area (Å²) in [4.78, 5) is 31.7. The number of alkyl halides is 3. The molecule has 11 heteroatoms. The third-order valence-corrected chi connectivity index (χ3v) is 4.72. The average molecular weight is 457 g/mol. The van der Waals surface area contributed by atoms with Crippen LogP contribution in [0.2, 0.25) is 0 Å². The first-order valence-electron chi connectivity index (χ1n) is 9.92. The molecule has 0 atom stereocenters. The second-order valence-electron chi connectivity index (χ2n) is 7.11. The Hall–Kier alpha value is -4.15. The zero-order valence-electron chi connectivity index (χ0n) is 17.1. The van der Waals surface area contributed by atoms with Crippen molar-refractivity contribution in [3.8, 4) is 11.4 Å². The Morgan fingerprint density at radius 3 is 2.52 bits per heavy atom. The number of carbonyl (C=O) groups is 1. The summed E-state index contributed by atoms with van der Waals surface area (Å²) in [6.07, 6.45) is -3.07. The molecule has 0 unspecified atom stereocenters. The first kappa shape index (κ1) is 22.1. The molecule has 170 valence electrons. The minimum Gasteiger partial charge on any atom is -0.406 e. The Kier molecular flexibility index (Phi) is 6.11. The summed E-state index contributed by atoms with van der Waals surface area (Å²) in [5.74, 6) is -0.295. The molecular weight excluding hydrogens is 439 g/mol. The van der Waals surface area contributed by atoms with Crippen molar-refractivity contribution in [3.63, 3.8) is 0 Å². The first-order valence-corrected chi connectivity index (χ1v) is 9.92. The second-order valence-corrected chi connectivity index (χ2v) is 7.11. The third-order valence-electron chi connectivity index (χ3n) is 4.72. The number of rotatable bonds is 7. The van der Waals surface area contributed by atoms with E-state index >= 15 is 0 Å². The van der Waals surface area contributed by atoms with Gasteiger partial charge in [0, 0.05) is 19.4 Å². The molecule has 0 aliphatic heterocycles. The number of H-pyrrole nitrogens is 1. The van der Waals surface area contributed by atoms with Crippen LogP contribution in [0.15, 0.2) is 65.6 Å². The van der Waals surface area contributed by atoms with Gasteiger partial charge in [0.2, 0.25) is 5.91 Å². The van der Waals surface area contributed by atoms with Crippen LogP contribution >= 0.6 is 0 Å². The maximum absolute atomic E-state index is 12.4. The molecule has 0 radical (unpaired) electrons. The van der Waals surface area contributed by atoms with Crippen LogP contribution in [-0.4, -0.2) is 32.0 Å². The van der Waals surface area contributed by atoms with Gasteiger partial charge in [-0.05, 0) is 29.8 Å². The van der Waals surface area contributed by atoms with Crippen molar-refractivity contribution in [2.45, 2.75) is 25.7 Å². The summed E-state index contributed by atoms with van der Waals surface area (Å²) >= 11 is 0. The lowest BCUT2D eigenvalue weighted by molar-refractivity contribution is -0.274. The van der Waals surface area contributed by atoms with Crippen molar-refractivity contribution < 1.29 is 22.7 Å². The summed E-state index contributed by atoms with van der Waals surface area (Å²) in [6, 6.07) is 14.4. The number of hydrogen-bond acceptors (Lipinski definition) is 5. The quantitative estimate of drug-likeness (QED) is 0.444. The van der Waals surface area contributed by atoms with E-state index < -0.39 is 6.36 Å². The van der Waals surface area contributed by atoms with Gasteiger partial charge in [0.05, 0.1) is 11.9 Å². The van der Waals surface area contributed by atoms with Gasteiger partial charge in [-0.25, -0.2) is 9.67 Å². The Balaban J connectivity index is 1.37. The third kappa shape index (κ3) is 5.56. The zero-order chi connectivity index (χ0) is 23.4. The van der Waals surface area contributed by atoms with Gasteiger partial charge in [0.25, 0.3) is 5.56 Å². The maximum Gasteiger partial charge on any atom is 0.573 e. The molecule has 2 aromatic carbocycles. The smallest absolute Gasteiger partial charge is 0.406 e. The van der Waals surface area contributed by atoms with Crippen LogP contribution in [0.25, 0.3) is 16.7 Å². The van der Waals surface area contributed by atoms with Crippen LogP contribution in [0.4, 0.5) is 13.2 Å². The van der Waals surface area contributed by atoms with Gasteiger partial charge in [0.1, 0.15) is 17.0 Å². The Labute approximate surface area is 185 Å². The Morgan fingerprint density at radius 1 is 1.09 bits per heavy atom. The topological polar surface area (TPSA) is 102 Å². The summed E-state index contributed by atoms with van der Waals surface area (Å²) < 4.78 is 42.0. The number of aryl methyl sites for hydroxylation is 1. The number of hydrogen-bond donors (Lipinski definition) is 2. The van der Waals surface area contributed by atoms with E-state index in [4.69, 9.17) is 0 Å². The van der Waals surface area contributed by atoms with Crippen LogP contribution in [0.3, 0.4) is 0 Å². The second kappa shape index (κ2) is 9.15. The van der Waals surface area contributed by atoms with Crippen molar-refractivity contribution in [2.75, 3.05) is 0 Å². The molecule has 0 aliphatic rings. The molecule has 4 aromatic rings. The number of halogens is 3. The fourth-order valence-corrected chi connectivity index (χ4v) is 3.17. The fourth-order valence-electron chi connectivity index (χ4n) is 3.17. The fraction of sp³-hybridized carbons (Fsp3) is 0.182. The van der Waals surface area contributed by atoms with Gasteiger partial charge in [0.15, 0.2) is 5.65 Å². The van der Waals surface area contributed by atoms with E-state index in [0.29, 0.717) is 22.4 Å². The molecule has 8 nitrogen and oxygen atoms in total. The molecule has 4 rings (SSSR count). The van der Waals surface area contributed by atoms with Crippen molar-refractivity contribution in [2.24, 2.45) is 0 Å². The lowest BCUT2D eigenvalue weighted by Crippen LogP contribution is -2.24. The van der Waals surface area contributed by atoms with Gasteiger partial charge in [-0.2, -0.15) is 5.10 Å². The van der Waals surface area contributed by atoms with Crippen molar-refractivity contribution in [1.82, 2.24) is 25.1 Å². The van der Waals surface area contributed by atoms with E-state index in [1.54, 1.807) is 4.68 Å². The molecule has 0 saturated heterocycles. The van der Waals surface area contributed by atoms with E-state index in [2.05, 4.69) is 25.1 Å². The van der Waals surface area contributed by atoms with E-state index in [1.807, 2.05) is 30.3 Å². The zero-order valence-corrected chi connectivity index (χ0v) is 17.1. The van der Waals surface area contributed by atoms with Crippen LogP contribution in [0.5, 0.6) is 5.75 Å². The van der Waals surface area contributed by atoms with E-state index in [-0.39, 0.29) is 36.6 Å². The summed E-state index contributed by atoms with van der Waals surface area (Å²) in [5, 5.41) is 7.25. The lowest BCUT2D eigenvalue weighted by atomic mass is 10.2. The number of ether oxygens (including phenoxy) is 1. The van der Waals surface area contributed by atoms with Crippen LogP contribution in [-0.2, 0) is 17.8 Å². The summed E-state index contributed by atoms with van der Waals surface area (Å²) in [6.45, 7) is 0.134. The molecule has 0 saturated carbocycles. The highest BCUT2D eigenvalue weighted by atomic mass is 19.4. The standard InChI is InChI=1S/C22H18F3N5O3/c23-22(24,25)33-16-8-6-14(7-9-16)12-26-19(31)11-10-18-28-20-17(21(32)29-18)13-27-30(20)15-4-2-1-3-5-15/h1-9,13H,10-12H2,(H,26,31)(H,28,29,32). The highest BCUT2D eigenvalue weighted by Gasteiger charge is 2.30. The van der Waals surface area contributed by atoms with Gasteiger partial charge >= 0.3 is 6.36 Å². The molecule has 2 heterocycles. The SMILES string of the molecule is O=C(CCc1nc2c(cnn2-c2ccccc2)c(=O)[nH]1)NCc1ccc(OC(F)(F)F)cc1. The minimum atomic E-state index is -4.76. The minimum absolute atomic E-state index is 0.0587. The maximum atomic E-state index is 12.4. The Bertz CT molecular complexity index is 1320. The normalized spacial score (nSPS) is 11.5. The predicted octanol–water partition coefficient (Wildman–Crippen LogP) is 3.26. The van der Waals surface area contributed by atoms with Gasteiger partial charge in [-0.3, -0.25) is 9.59 Å². The van der Waals surface area contributed by atoms with E-state index in [1.165, 1.54) is 30.5 Å². The molecular formula is C22H18F3N5O3. The molecule has 33 heavy (non-hydrogen) atoms. The van der Waals surface area contributed by atoms with Crippen LogP contribution in [0.1, 0.15) is 17.8 Å². The summed E-state index contributed by atoms with van der Waals surface area (Å²) in [5.41, 5.74) is 1.40. The first-order chi connectivity index (χ1) is 15.8. The predicted molar refractivity (Wildman–Crippen MR) is 113 cm³/mol. The van der Waals surface area contributed by atoms with E-state index in [9.17, 15) is 22.8 Å². The number of amides is 1. The lowest BCUT2D eigenvalue weighted by Gasteiger charge is -2.10. The Morgan fingerprint density at radius 2 is 1.82 bits per heavy atom. The number of para-hydroxylation sites is 1. The monoisotopic (exact) mass is 457 g/mol. The summed E-state index contributed by atoms with van der Waals surface area (Å²) in [7, 11) is 0. The van der Waals surface area contributed by atoms with Gasteiger partial charge in [-0.15, -0.1) is 13.2 Å². The van der Waals surface area contributed by atoms with Gasteiger partial charge < -0.3 is 15.0 Å².